The highest BCUT2D eigenvalue weighted by atomic mass is 16.2. The number of nitrogens with zero attached hydrogens (tertiary/aromatic N) is 3. The Morgan fingerprint density at radius 2 is 1.95 bits per heavy atom. The third-order valence-corrected chi connectivity index (χ3v) is 2.43. The van der Waals surface area contributed by atoms with Crippen molar-refractivity contribution in [2.75, 3.05) is 6.54 Å². The van der Waals surface area contributed by atoms with Gasteiger partial charge >= 0.3 is 0 Å². The van der Waals surface area contributed by atoms with Crippen LogP contribution in [0.25, 0.3) is 0 Å². The molecular weight excluding hydrogens is 270 g/mol. The molecule has 21 heavy (non-hydrogen) atoms. The minimum absolute atomic E-state index is 0.166. The third kappa shape index (κ3) is 4.83. The molecule has 2 rings (SSSR count). The van der Waals surface area contributed by atoms with Gasteiger partial charge in [-0.3, -0.25) is 19.6 Å². The highest BCUT2D eigenvalue weighted by Gasteiger charge is 2.06. The second kappa shape index (κ2) is 7.49. The number of carbonyl (C=O) groups is 2. The van der Waals surface area contributed by atoms with Gasteiger partial charge in [-0.25, -0.2) is 5.43 Å². The highest BCUT2D eigenvalue weighted by molar-refractivity contribution is 5.96. The fourth-order valence-electron chi connectivity index (χ4n) is 1.43. The zero-order valence-corrected chi connectivity index (χ0v) is 11.1. The van der Waals surface area contributed by atoms with E-state index in [4.69, 9.17) is 0 Å². The first-order chi connectivity index (χ1) is 10.3. The summed E-state index contributed by atoms with van der Waals surface area (Å²) in [5, 5.41) is 6.22. The molecule has 0 aliphatic heterocycles. The van der Waals surface area contributed by atoms with E-state index >= 15 is 0 Å². The van der Waals surface area contributed by atoms with Crippen LogP contribution < -0.4 is 10.7 Å². The molecule has 0 bridgehead atoms. The molecule has 7 heteroatoms. The largest absolute Gasteiger partial charge is 0.343 e. The Morgan fingerprint density at radius 3 is 2.67 bits per heavy atom. The van der Waals surface area contributed by atoms with Gasteiger partial charge in [-0.05, 0) is 24.3 Å². The Balaban J connectivity index is 1.75. The molecular formula is C14H13N5O2. The van der Waals surface area contributed by atoms with Crippen LogP contribution in [0.1, 0.15) is 16.1 Å². The van der Waals surface area contributed by atoms with E-state index in [0.717, 1.165) is 0 Å². The first kappa shape index (κ1) is 14.3. The van der Waals surface area contributed by atoms with Crippen LogP contribution in [0.5, 0.6) is 0 Å². The Hall–Kier alpha value is -3.09. The molecule has 0 atom stereocenters. The van der Waals surface area contributed by atoms with E-state index in [0.29, 0.717) is 11.3 Å². The molecule has 0 radical (unpaired) electrons. The van der Waals surface area contributed by atoms with Crippen molar-refractivity contribution in [1.82, 2.24) is 20.7 Å². The van der Waals surface area contributed by atoms with Crippen LogP contribution in [0.4, 0.5) is 0 Å². The van der Waals surface area contributed by atoms with Crippen LogP contribution >= 0.6 is 0 Å². The topological polar surface area (TPSA) is 96.3 Å². The lowest BCUT2D eigenvalue weighted by Gasteiger charge is -2.03. The van der Waals surface area contributed by atoms with Crippen molar-refractivity contribution in [3.8, 4) is 0 Å². The molecule has 0 spiro atoms. The van der Waals surface area contributed by atoms with Crippen molar-refractivity contribution in [3.63, 3.8) is 0 Å². The first-order valence-electron chi connectivity index (χ1n) is 6.17. The van der Waals surface area contributed by atoms with Crippen molar-refractivity contribution in [3.05, 3.63) is 60.2 Å². The number of carbonyl (C=O) groups excluding carboxylic acids is 2. The van der Waals surface area contributed by atoms with Gasteiger partial charge in [0, 0.05) is 24.2 Å². The maximum atomic E-state index is 11.7. The van der Waals surface area contributed by atoms with Crippen LogP contribution in [0.15, 0.2) is 54.0 Å². The quantitative estimate of drug-likeness (QED) is 0.611. The lowest BCUT2D eigenvalue weighted by molar-refractivity contribution is -0.120. The van der Waals surface area contributed by atoms with E-state index in [9.17, 15) is 9.59 Å². The van der Waals surface area contributed by atoms with E-state index in [-0.39, 0.29) is 12.5 Å². The standard InChI is InChI=1S/C14H13N5O2/c20-13(19-18-9-12-3-1-2-6-16-12)10-17-14(21)11-4-7-15-8-5-11/h1-9H,10H2,(H,17,21)(H,19,20). The zero-order chi connectivity index (χ0) is 14.9. The molecule has 0 saturated heterocycles. The number of hydrogen-bond acceptors (Lipinski definition) is 5. The SMILES string of the molecule is O=C(CNC(=O)c1ccncc1)NN=Cc1ccccn1. The van der Waals surface area contributed by atoms with Gasteiger partial charge in [0.1, 0.15) is 0 Å². The fraction of sp³-hybridized carbons (Fsp3) is 0.0714. The van der Waals surface area contributed by atoms with Crippen molar-refractivity contribution in [2.24, 2.45) is 5.10 Å². The second-order valence-electron chi connectivity index (χ2n) is 3.97. The number of amides is 2. The van der Waals surface area contributed by atoms with Crippen LogP contribution in [0.3, 0.4) is 0 Å². The summed E-state index contributed by atoms with van der Waals surface area (Å²) in [7, 11) is 0. The number of nitrogens with one attached hydrogen (secondary N) is 2. The molecule has 7 nitrogen and oxygen atoms in total. The minimum atomic E-state index is -0.426. The number of rotatable bonds is 5. The molecule has 106 valence electrons. The summed E-state index contributed by atoms with van der Waals surface area (Å²) in [5.74, 6) is -0.772. The Morgan fingerprint density at radius 1 is 1.14 bits per heavy atom. The Labute approximate surface area is 121 Å². The fourth-order valence-corrected chi connectivity index (χ4v) is 1.43. The normalized spacial score (nSPS) is 10.3. The van der Waals surface area contributed by atoms with Gasteiger partial charge in [0.15, 0.2) is 0 Å². The first-order valence-corrected chi connectivity index (χ1v) is 6.17. The van der Waals surface area contributed by atoms with Gasteiger partial charge in [0.2, 0.25) is 0 Å². The maximum absolute atomic E-state index is 11.7. The Kier molecular flexibility index (Phi) is 5.11. The van der Waals surface area contributed by atoms with Gasteiger partial charge in [-0.15, -0.1) is 0 Å². The number of pyridine rings is 2. The lowest BCUT2D eigenvalue weighted by atomic mass is 10.2. The van der Waals surface area contributed by atoms with Crippen molar-refractivity contribution in [1.29, 1.82) is 0 Å². The van der Waals surface area contributed by atoms with Gasteiger partial charge in [-0.1, -0.05) is 6.07 Å². The van der Waals surface area contributed by atoms with Gasteiger partial charge < -0.3 is 5.32 Å². The summed E-state index contributed by atoms with van der Waals surface area (Å²) in [4.78, 5) is 31.0. The molecule has 2 aromatic heterocycles. The zero-order valence-electron chi connectivity index (χ0n) is 11.1. The molecule has 0 aromatic carbocycles. The molecule has 0 unspecified atom stereocenters. The monoisotopic (exact) mass is 283 g/mol. The Bertz CT molecular complexity index is 628. The number of hydrogen-bond donors (Lipinski definition) is 2. The smallest absolute Gasteiger partial charge is 0.259 e. The summed E-state index contributed by atoms with van der Waals surface area (Å²) in [6, 6.07) is 8.47. The molecule has 2 amide bonds. The summed E-state index contributed by atoms with van der Waals surface area (Å²) < 4.78 is 0. The predicted octanol–water partition coefficient (Wildman–Crippen LogP) is 0.357. The van der Waals surface area contributed by atoms with E-state index in [2.05, 4.69) is 25.8 Å². The molecule has 0 fully saturated rings. The summed E-state index contributed by atoms with van der Waals surface area (Å²) >= 11 is 0. The number of aromatic nitrogens is 2. The molecule has 0 saturated carbocycles. The van der Waals surface area contributed by atoms with E-state index in [1.807, 2.05) is 6.07 Å². The van der Waals surface area contributed by atoms with Crippen molar-refractivity contribution >= 4 is 18.0 Å². The molecule has 2 heterocycles. The van der Waals surface area contributed by atoms with E-state index < -0.39 is 5.91 Å². The average molecular weight is 283 g/mol. The van der Waals surface area contributed by atoms with Gasteiger partial charge in [-0.2, -0.15) is 5.10 Å². The van der Waals surface area contributed by atoms with Crippen LogP contribution in [0.2, 0.25) is 0 Å². The summed E-state index contributed by atoms with van der Waals surface area (Å²) in [5.41, 5.74) is 3.36. The molecule has 2 aromatic rings. The predicted molar refractivity (Wildman–Crippen MR) is 76.5 cm³/mol. The lowest BCUT2D eigenvalue weighted by Crippen LogP contribution is -2.34. The van der Waals surface area contributed by atoms with Crippen LogP contribution in [-0.2, 0) is 4.79 Å². The van der Waals surface area contributed by atoms with E-state index in [1.54, 1.807) is 30.5 Å². The average Bonchev–Trinajstić information content (AvgIpc) is 2.54. The molecule has 0 aliphatic carbocycles. The van der Waals surface area contributed by atoms with Gasteiger partial charge in [0.05, 0.1) is 18.5 Å². The summed E-state index contributed by atoms with van der Waals surface area (Å²) in [6.07, 6.45) is 6.05. The van der Waals surface area contributed by atoms with Gasteiger partial charge in [0.25, 0.3) is 11.8 Å². The van der Waals surface area contributed by atoms with Crippen LogP contribution in [0, 0.1) is 0 Å². The molecule has 2 N–H and O–H groups in total. The van der Waals surface area contributed by atoms with Crippen LogP contribution in [-0.4, -0.2) is 34.5 Å². The third-order valence-electron chi connectivity index (χ3n) is 2.43. The second-order valence-corrected chi connectivity index (χ2v) is 3.97. The molecule has 0 aliphatic rings. The summed E-state index contributed by atoms with van der Waals surface area (Å²) in [6.45, 7) is -0.166. The maximum Gasteiger partial charge on any atom is 0.259 e. The van der Waals surface area contributed by atoms with Crippen molar-refractivity contribution in [2.45, 2.75) is 0 Å². The van der Waals surface area contributed by atoms with E-state index in [1.165, 1.54) is 18.6 Å². The van der Waals surface area contributed by atoms with Crippen molar-refractivity contribution < 1.29 is 9.59 Å². The highest BCUT2D eigenvalue weighted by Crippen LogP contribution is 1.94. The minimum Gasteiger partial charge on any atom is -0.343 e. The number of hydrazone groups is 1.